The van der Waals surface area contributed by atoms with E-state index in [1.54, 1.807) is 0 Å². The number of nitrogens with one attached hydrogen (secondary N) is 1. The Labute approximate surface area is 262 Å². The molecule has 1 aliphatic rings. The van der Waals surface area contributed by atoms with Crippen LogP contribution < -0.4 is 5.32 Å². The number of unbranched alkanes of at least 4 members (excludes halogenated alkanes) is 5. The third-order valence-electron chi connectivity index (χ3n) is 7.81. The molecule has 0 spiro atoms. The molecular formula is C33H47BN4O6. The van der Waals surface area contributed by atoms with Gasteiger partial charge in [-0.25, -0.2) is 14.6 Å². The number of carbonyl (C=O) groups is 4. The van der Waals surface area contributed by atoms with E-state index in [0.717, 1.165) is 24.8 Å². The predicted octanol–water partition coefficient (Wildman–Crippen LogP) is 4.75. The smallest absolute Gasteiger partial charge is 0.495 e. The summed E-state index contributed by atoms with van der Waals surface area (Å²) in [4.78, 5) is 60.9. The van der Waals surface area contributed by atoms with Gasteiger partial charge < -0.3 is 19.1 Å². The monoisotopic (exact) mass is 606 g/mol. The van der Waals surface area contributed by atoms with Gasteiger partial charge in [-0.3, -0.25) is 14.6 Å². The van der Waals surface area contributed by atoms with Crippen LogP contribution in [0, 0.1) is 13.0 Å². The predicted molar refractivity (Wildman–Crippen MR) is 168 cm³/mol. The quantitative estimate of drug-likeness (QED) is 0.118. The summed E-state index contributed by atoms with van der Waals surface area (Å²) in [6.45, 7) is 6.62. The minimum Gasteiger partial charge on any atom is -0.495 e. The number of carbonyl (C=O) groups excluding carboxylic acids is 4. The van der Waals surface area contributed by atoms with Crippen LogP contribution in [0.2, 0.25) is 5.82 Å². The summed E-state index contributed by atoms with van der Waals surface area (Å²) in [5.41, 5.74) is 0.958. The second-order valence-corrected chi connectivity index (χ2v) is 12.4. The molecule has 1 aliphatic heterocycles. The molecule has 10 nitrogen and oxygen atoms in total. The molecule has 1 aromatic carbocycles. The third-order valence-corrected chi connectivity index (χ3v) is 7.81. The van der Waals surface area contributed by atoms with Gasteiger partial charge in [0.2, 0.25) is 0 Å². The molecule has 1 aromatic heterocycles. The first-order valence-electron chi connectivity index (χ1n) is 15.8. The first-order valence-corrected chi connectivity index (χ1v) is 15.8. The molecule has 1 fully saturated rings. The van der Waals surface area contributed by atoms with E-state index >= 15 is 0 Å². The first-order chi connectivity index (χ1) is 21.1. The second kappa shape index (κ2) is 17.6. The van der Waals surface area contributed by atoms with Crippen molar-refractivity contribution in [2.45, 2.75) is 90.4 Å². The summed E-state index contributed by atoms with van der Waals surface area (Å²) in [6.07, 6.45) is 11.4. The van der Waals surface area contributed by atoms with Crippen LogP contribution in [0.3, 0.4) is 0 Å². The molecule has 0 aliphatic carbocycles. The van der Waals surface area contributed by atoms with E-state index < -0.39 is 36.8 Å². The van der Waals surface area contributed by atoms with Crippen molar-refractivity contribution in [1.82, 2.24) is 15.3 Å². The maximum atomic E-state index is 13.8. The maximum absolute atomic E-state index is 13.8. The summed E-state index contributed by atoms with van der Waals surface area (Å²) >= 11 is 0. The Morgan fingerprint density at radius 2 is 1.66 bits per heavy atom. The summed E-state index contributed by atoms with van der Waals surface area (Å²) in [5, 5.41) is 2.81. The van der Waals surface area contributed by atoms with Gasteiger partial charge in [0.25, 0.3) is 5.91 Å². The van der Waals surface area contributed by atoms with Gasteiger partial charge >= 0.3 is 19.1 Å². The number of hydrogen-bond donors (Lipinski definition) is 1. The molecule has 0 bridgehead atoms. The lowest BCUT2D eigenvalue weighted by atomic mass is 9.64. The van der Waals surface area contributed by atoms with Crippen molar-refractivity contribution in [1.29, 1.82) is 0 Å². The molecular weight excluding hydrogens is 559 g/mol. The van der Waals surface area contributed by atoms with Gasteiger partial charge in [-0.1, -0.05) is 76.8 Å². The van der Waals surface area contributed by atoms with Crippen LogP contribution in [-0.4, -0.2) is 70.9 Å². The number of quaternary nitrogens is 1. The van der Waals surface area contributed by atoms with Crippen LogP contribution in [-0.2, 0) is 30.1 Å². The Hall–Kier alpha value is -3.60. The molecule has 3 rings (SSSR count). The largest absolute Gasteiger partial charge is 0.602 e. The molecule has 238 valence electrons. The third kappa shape index (κ3) is 11.8. The highest BCUT2D eigenvalue weighted by atomic mass is 16.6. The Kier molecular flexibility index (Phi) is 14.0. The van der Waals surface area contributed by atoms with Gasteiger partial charge in [-0.15, -0.1) is 7.05 Å². The Morgan fingerprint density at radius 3 is 2.27 bits per heavy atom. The Morgan fingerprint density at radius 1 is 1.00 bits per heavy atom. The van der Waals surface area contributed by atoms with Crippen LogP contribution in [0.5, 0.6) is 0 Å². The van der Waals surface area contributed by atoms with E-state index in [-0.39, 0.29) is 47.8 Å². The first kappa shape index (κ1) is 34.9. The van der Waals surface area contributed by atoms with Gasteiger partial charge in [-0.05, 0) is 37.2 Å². The zero-order valence-electron chi connectivity index (χ0n) is 26.4. The van der Waals surface area contributed by atoms with E-state index in [4.69, 9.17) is 9.31 Å². The summed E-state index contributed by atoms with van der Waals surface area (Å²) in [7, 11) is 2.97. The van der Waals surface area contributed by atoms with Crippen LogP contribution in [0.15, 0.2) is 48.9 Å². The number of rotatable bonds is 17. The Balaban J connectivity index is 1.72. The molecule has 1 saturated heterocycles. The zero-order chi connectivity index (χ0) is 32.0. The number of nitrogens with zero attached hydrogens (tertiary/aromatic N) is 3. The van der Waals surface area contributed by atoms with Gasteiger partial charge in [0.05, 0.1) is 18.8 Å². The number of Topliss-reactive ketones (excluding diaryl/α,β-unsaturated/α-hetero) is 1. The van der Waals surface area contributed by atoms with Crippen molar-refractivity contribution < 1.29 is 33.0 Å². The topological polar surface area (TPSA) is 125 Å². The van der Waals surface area contributed by atoms with E-state index in [9.17, 15) is 19.2 Å². The van der Waals surface area contributed by atoms with Crippen molar-refractivity contribution in [2.24, 2.45) is 5.92 Å². The van der Waals surface area contributed by atoms with Crippen molar-refractivity contribution in [3.63, 3.8) is 0 Å². The highest BCUT2D eigenvalue weighted by molar-refractivity contribution is 6.51. The maximum Gasteiger partial charge on any atom is 0.602 e. The standard InChI is InChI=1S/C33H47BN4O6/c1-5-6-7-8-9-13-18-38(4)23-31(40)43-34(44-32(41)24-38)27(19-25(2)3)21-30(39)28(20-26-14-11-10-12-15-26)37-33(42)29-22-35-16-17-36-29/h10-12,14-17,22,25,27-28H,4-9,13,18-21,23-24H2,1-3H3,(H,37,42)/t27-,28+/m1/s1. The number of hydrogen-bond acceptors (Lipinski definition) is 8. The van der Waals surface area contributed by atoms with Gasteiger partial charge in [0, 0.05) is 24.6 Å². The minimum absolute atomic E-state index is 0.0144. The molecule has 11 heteroatoms. The van der Waals surface area contributed by atoms with Gasteiger partial charge in [-0.2, -0.15) is 0 Å². The van der Waals surface area contributed by atoms with Crippen LogP contribution in [0.25, 0.3) is 0 Å². The SMILES string of the molecule is [CH2-][N+]1(CCCCCCCC)CC(=O)OB([C@@H](CC(=O)[C@H](Cc2ccccc2)NC(=O)c2cnccn2)CC(C)C)OC(=O)C1. The number of amides is 1. The van der Waals surface area contributed by atoms with E-state index in [1.807, 2.05) is 44.2 Å². The average molecular weight is 607 g/mol. The zero-order valence-corrected chi connectivity index (χ0v) is 26.4. The molecule has 0 unspecified atom stereocenters. The lowest BCUT2D eigenvalue weighted by Crippen LogP contribution is -2.55. The number of benzene rings is 1. The van der Waals surface area contributed by atoms with Crippen molar-refractivity contribution >= 4 is 30.7 Å². The lowest BCUT2D eigenvalue weighted by Gasteiger charge is -2.42. The summed E-state index contributed by atoms with van der Waals surface area (Å²) in [6, 6.07) is 8.48. The van der Waals surface area contributed by atoms with Crippen molar-refractivity contribution in [3.05, 3.63) is 67.2 Å². The molecule has 44 heavy (non-hydrogen) atoms. The van der Waals surface area contributed by atoms with E-state index in [2.05, 4.69) is 29.3 Å². The van der Waals surface area contributed by atoms with Crippen LogP contribution >= 0.6 is 0 Å². The van der Waals surface area contributed by atoms with Gasteiger partial charge in [0.15, 0.2) is 18.9 Å². The van der Waals surface area contributed by atoms with Crippen LogP contribution in [0.1, 0.15) is 88.2 Å². The molecule has 0 saturated carbocycles. The van der Waals surface area contributed by atoms with Crippen molar-refractivity contribution in [2.75, 3.05) is 19.6 Å². The summed E-state index contributed by atoms with van der Waals surface area (Å²) in [5.74, 6) is -2.29. The molecule has 0 radical (unpaired) electrons. The van der Waals surface area contributed by atoms with Gasteiger partial charge in [0.1, 0.15) is 5.69 Å². The fourth-order valence-corrected chi connectivity index (χ4v) is 5.58. The van der Waals surface area contributed by atoms with E-state index in [0.29, 0.717) is 13.0 Å². The van der Waals surface area contributed by atoms with Crippen molar-refractivity contribution in [3.8, 4) is 0 Å². The molecule has 2 aromatic rings. The number of aromatic nitrogens is 2. The fourth-order valence-electron chi connectivity index (χ4n) is 5.58. The lowest BCUT2D eigenvalue weighted by molar-refractivity contribution is -0.871. The van der Waals surface area contributed by atoms with E-state index in [1.165, 1.54) is 37.9 Å². The Bertz CT molecular complexity index is 1190. The normalized spacial score (nSPS) is 16.3. The number of ketones is 1. The highest BCUT2D eigenvalue weighted by Gasteiger charge is 2.43. The summed E-state index contributed by atoms with van der Waals surface area (Å²) < 4.78 is 11.5. The second-order valence-electron chi connectivity index (χ2n) is 12.4. The molecule has 1 amide bonds. The highest BCUT2D eigenvalue weighted by Crippen LogP contribution is 2.29. The molecule has 2 heterocycles. The minimum atomic E-state index is -1.21. The van der Waals surface area contributed by atoms with Crippen LogP contribution in [0.4, 0.5) is 0 Å². The average Bonchev–Trinajstić information content (AvgIpc) is 2.97. The fraction of sp³-hybridized carbons (Fsp3) is 0.545. The molecule has 2 atom stereocenters. The molecule has 1 N–H and O–H groups in total.